The topological polar surface area (TPSA) is 92.6 Å². The lowest BCUT2D eigenvalue weighted by Gasteiger charge is -2.33. The van der Waals surface area contributed by atoms with Gasteiger partial charge in [-0.05, 0) is 51.9 Å². The van der Waals surface area contributed by atoms with E-state index in [2.05, 4.69) is 11.9 Å². The van der Waals surface area contributed by atoms with Crippen LogP contribution >= 0.6 is 11.3 Å². The summed E-state index contributed by atoms with van der Waals surface area (Å²) in [6.07, 6.45) is 6.01. The third-order valence-electron chi connectivity index (χ3n) is 6.57. The van der Waals surface area contributed by atoms with Crippen LogP contribution in [0.15, 0.2) is 16.0 Å². The molecule has 2 saturated heterocycles. The number of piperidine rings is 2. The number of aryl methyl sites for hydroxylation is 1. The largest absolute Gasteiger partial charge is 0.338 e. The highest BCUT2D eigenvalue weighted by Gasteiger charge is 2.34. The van der Waals surface area contributed by atoms with Crippen molar-refractivity contribution >= 4 is 37.5 Å². The highest BCUT2D eigenvalue weighted by molar-refractivity contribution is 7.89. The summed E-state index contributed by atoms with van der Waals surface area (Å²) < 4.78 is 29.6. The van der Waals surface area contributed by atoms with E-state index in [1.807, 2.05) is 11.8 Å². The molecular weight excluding hydrogens is 436 g/mol. The molecule has 0 N–H and O–H groups in total. The number of sulfonamides is 1. The average molecular weight is 467 g/mol. The molecule has 31 heavy (non-hydrogen) atoms. The normalized spacial score (nSPS) is 21.6. The number of carbonyl (C=O) groups excluding carboxylic acids is 1. The van der Waals surface area contributed by atoms with Crippen LogP contribution in [0.4, 0.5) is 0 Å². The van der Waals surface area contributed by atoms with E-state index in [1.165, 1.54) is 26.5 Å². The smallest absolute Gasteiger partial charge is 0.263 e. The Bertz CT molecular complexity index is 1150. The Balaban J connectivity index is 1.71. The zero-order chi connectivity index (χ0) is 22.3. The van der Waals surface area contributed by atoms with Gasteiger partial charge in [0.1, 0.15) is 16.3 Å². The third kappa shape index (κ3) is 4.17. The molecule has 0 radical (unpaired) electrons. The number of aromatic nitrogens is 2. The predicted molar refractivity (Wildman–Crippen MR) is 121 cm³/mol. The Hall–Kier alpha value is -1.78. The Morgan fingerprint density at radius 3 is 2.55 bits per heavy atom. The molecule has 2 fully saturated rings. The number of amides is 1. The average Bonchev–Trinajstić information content (AvgIpc) is 3.08. The van der Waals surface area contributed by atoms with Crippen LogP contribution in [0.3, 0.4) is 0 Å². The maximum Gasteiger partial charge on any atom is 0.263 e. The first-order valence-electron chi connectivity index (χ1n) is 11.0. The molecule has 10 heteroatoms. The van der Waals surface area contributed by atoms with E-state index < -0.39 is 15.6 Å². The number of carbonyl (C=O) groups is 1. The predicted octanol–water partition coefficient (Wildman–Crippen LogP) is 2.59. The second kappa shape index (κ2) is 8.63. The van der Waals surface area contributed by atoms with Gasteiger partial charge in [-0.3, -0.25) is 14.2 Å². The SMILES string of the molecule is Cc1sc2ncn(CC(=O)N3CCCCC3C)c(=O)c2c1S(=O)(=O)N1CCC(C)CC1. The molecule has 1 amide bonds. The van der Waals surface area contributed by atoms with Crippen molar-refractivity contribution in [3.05, 3.63) is 21.6 Å². The summed E-state index contributed by atoms with van der Waals surface area (Å²) in [6.45, 7) is 7.35. The van der Waals surface area contributed by atoms with Crippen LogP contribution in [0.1, 0.15) is 50.8 Å². The summed E-state index contributed by atoms with van der Waals surface area (Å²) in [6, 6.07) is 0.148. The minimum atomic E-state index is -3.80. The highest BCUT2D eigenvalue weighted by atomic mass is 32.2. The fraction of sp³-hybridized carbons (Fsp3) is 0.667. The number of rotatable bonds is 4. The van der Waals surface area contributed by atoms with E-state index >= 15 is 0 Å². The van der Waals surface area contributed by atoms with Gasteiger partial charge in [0.05, 0.1) is 11.7 Å². The van der Waals surface area contributed by atoms with Crippen LogP contribution in [0.5, 0.6) is 0 Å². The van der Waals surface area contributed by atoms with E-state index in [1.54, 1.807) is 6.92 Å². The molecule has 2 aliphatic rings. The van der Waals surface area contributed by atoms with Gasteiger partial charge in [0.15, 0.2) is 0 Å². The Labute approximate surface area is 186 Å². The number of likely N-dealkylation sites (tertiary alicyclic amines) is 1. The van der Waals surface area contributed by atoms with Crippen LogP contribution in [0, 0.1) is 12.8 Å². The van der Waals surface area contributed by atoms with E-state index in [4.69, 9.17) is 0 Å². The van der Waals surface area contributed by atoms with Crippen molar-refractivity contribution in [1.29, 1.82) is 0 Å². The van der Waals surface area contributed by atoms with Gasteiger partial charge < -0.3 is 4.90 Å². The lowest BCUT2D eigenvalue weighted by molar-refractivity contribution is -0.135. The first-order valence-corrected chi connectivity index (χ1v) is 13.2. The van der Waals surface area contributed by atoms with Gasteiger partial charge in [0, 0.05) is 30.6 Å². The maximum absolute atomic E-state index is 13.4. The van der Waals surface area contributed by atoms with Gasteiger partial charge >= 0.3 is 0 Å². The van der Waals surface area contributed by atoms with Crippen LogP contribution in [0.2, 0.25) is 0 Å². The van der Waals surface area contributed by atoms with Crippen LogP contribution < -0.4 is 5.56 Å². The zero-order valence-electron chi connectivity index (χ0n) is 18.3. The molecular formula is C21H30N4O4S2. The number of hydrogen-bond acceptors (Lipinski definition) is 6. The fourth-order valence-corrected chi connectivity index (χ4v) is 7.73. The van der Waals surface area contributed by atoms with E-state index in [9.17, 15) is 18.0 Å². The number of fused-ring (bicyclic) bond motifs is 1. The lowest BCUT2D eigenvalue weighted by Crippen LogP contribution is -2.44. The molecule has 2 aromatic heterocycles. The lowest BCUT2D eigenvalue weighted by atomic mass is 10.0. The number of nitrogens with zero attached hydrogens (tertiary/aromatic N) is 4. The van der Waals surface area contributed by atoms with E-state index in [0.717, 1.165) is 32.1 Å². The molecule has 4 rings (SSSR count). The van der Waals surface area contributed by atoms with Crippen molar-refractivity contribution in [1.82, 2.24) is 18.8 Å². The van der Waals surface area contributed by atoms with Gasteiger partial charge in [0.25, 0.3) is 5.56 Å². The molecule has 0 aromatic carbocycles. The molecule has 1 unspecified atom stereocenters. The van der Waals surface area contributed by atoms with Gasteiger partial charge in [0.2, 0.25) is 15.9 Å². The Morgan fingerprint density at radius 1 is 1.16 bits per heavy atom. The van der Waals surface area contributed by atoms with E-state index in [0.29, 0.717) is 35.3 Å². The highest BCUT2D eigenvalue weighted by Crippen LogP contribution is 2.34. The third-order valence-corrected chi connectivity index (χ3v) is 9.78. The molecule has 2 aliphatic heterocycles. The summed E-state index contributed by atoms with van der Waals surface area (Å²) in [5, 5.41) is 0.114. The van der Waals surface area contributed by atoms with Crippen LogP contribution in [0.25, 0.3) is 10.2 Å². The minimum Gasteiger partial charge on any atom is -0.338 e. The van der Waals surface area contributed by atoms with Crippen molar-refractivity contribution in [3.63, 3.8) is 0 Å². The minimum absolute atomic E-state index is 0.0627. The Kier molecular flexibility index (Phi) is 6.24. The van der Waals surface area contributed by atoms with Crippen molar-refractivity contribution in [2.45, 2.75) is 70.4 Å². The molecule has 8 nitrogen and oxygen atoms in total. The van der Waals surface area contributed by atoms with Gasteiger partial charge in [-0.15, -0.1) is 11.3 Å². The Morgan fingerprint density at radius 2 is 1.87 bits per heavy atom. The maximum atomic E-state index is 13.4. The molecule has 1 atom stereocenters. The summed E-state index contributed by atoms with van der Waals surface area (Å²) in [4.78, 5) is 33.3. The number of thiophene rings is 1. The molecule has 4 heterocycles. The summed E-state index contributed by atoms with van der Waals surface area (Å²) >= 11 is 1.21. The quantitative estimate of drug-likeness (QED) is 0.691. The first kappa shape index (κ1) is 22.4. The zero-order valence-corrected chi connectivity index (χ0v) is 20.0. The van der Waals surface area contributed by atoms with Crippen molar-refractivity contribution in [2.24, 2.45) is 5.92 Å². The van der Waals surface area contributed by atoms with Crippen molar-refractivity contribution in [2.75, 3.05) is 19.6 Å². The van der Waals surface area contributed by atoms with Gasteiger partial charge in [-0.1, -0.05) is 6.92 Å². The van der Waals surface area contributed by atoms with E-state index in [-0.39, 0.29) is 28.8 Å². The molecule has 0 spiro atoms. The molecule has 2 aromatic rings. The van der Waals surface area contributed by atoms with Gasteiger partial charge in [-0.25, -0.2) is 13.4 Å². The first-order chi connectivity index (χ1) is 14.7. The second-order valence-electron chi connectivity index (χ2n) is 8.86. The summed E-state index contributed by atoms with van der Waals surface area (Å²) in [5.74, 6) is 0.366. The summed E-state index contributed by atoms with van der Waals surface area (Å²) in [7, 11) is -3.80. The van der Waals surface area contributed by atoms with Crippen LogP contribution in [-0.4, -0.2) is 58.8 Å². The monoisotopic (exact) mass is 466 g/mol. The van der Waals surface area contributed by atoms with Crippen LogP contribution in [-0.2, 0) is 21.4 Å². The molecule has 0 saturated carbocycles. The second-order valence-corrected chi connectivity index (χ2v) is 11.9. The summed E-state index contributed by atoms with van der Waals surface area (Å²) in [5.41, 5.74) is -0.462. The standard InChI is InChI=1S/C21H30N4O4S2/c1-14-7-10-24(11-8-14)31(28,29)19-16(3)30-20-18(19)21(27)23(13-22-20)12-17(26)25-9-5-4-6-15(25)2/h13-15H,4-12H2,1-3H3. The fourth-order valence-electron chi connectivity index (χ4n) is 4.60. The molecule has 0 aliphatic carbocycles. The van der Waals surface area contributed by atoms with Crippen molar-refractivity contribution in [3.8, 4) is 0 Å². The number of hydrogen-bond donors (Lipinski definition) is 0. The van der Waals surface area contributed by atoms with Gasteiger partial charge in [-0.2, -0.15) is 4.31 Å². The molecule has 0 bridgehead atoms. The van der Waals surface area contributed by atoms with Crippen molar-refractivity contribution < 1.29 is 13.2 Å². The molecule has 170 valence electrons.